The monoisotopic (exact) mass is 474 g/mol. The molecule has 1 unspecified atom stereocenters. The minimum atomic E-state index is -0.103. The molecule has 2 aliphatic heterocycles. The number of hydrogen-bond donors (Lipinski definition) is 2. The van der Waals surface area contributed by atoms with Crippen molar-refractivity contribution in [1.29, 1.82) is 0 Å². The molecule has 3 heterocycles. The minimum absolute atomic E-state index is 0.0297. The number of aromatic amines is 1. The fraction of sp³-hybridized carbons (Fsp3) is 0.444. The molecule has 0 radical (unpaired) electrons. The van der Waals surface area contributed by atoms with E-state index in [1.807, 2.05) is 23.1 Å². The van der Waals surface area contributed by atoms with E-state index in [4.69, 9.17) is 0 Å². The zero-order valence-electron chi connectivity index (χ0n) is 20.2. The van der Waals surface area contributed by atoms with Crippen LogP contribution in [0.4, 0.5) is 4.79 Å². The van der Waals surface area contributed by atoms with Gasteiger partial charge in [0.25, 0.3) is 5.56 Å². The van der Waals surface area contributed by atoms with Crippen LogP contribution in [0.5, 0.6) is 0 Å². The van der Waals surface area contributed by atoms with Crippen molar-refractivity contribution in [2.45, 2.75) is 25.9 Å². The van der Waals surface area contributed by atoms with E-state index in [-0.39, 0.29) is 11.6 Å². The fourth-order valence-corrected chi connectivity index (χ4v) is 5.18. The van der Waals surface area contributed by atoms with E-state index >= 15 is 0 Å². The van der Waals surface area contributed by atoms with Gasteiger partial charge in [-0.05, 0) is 43.0 Å². The van der Waals surface area contributed by atoms with Crippen molar-refractivity contribution in [3.05, 3.63) is 76.3 Å². The Bertz CT molecular complexity index is 1190. The van der Waals surface area contributed by atoms with Crippen molar-refractivity contribution in [1.82, 2.24) is 30.0 Å². The maximum atomic E-state index is 12.8. The summed E-state index contributed by atoms with van der Waals surface area (Å²) in [7, 11) is 0. The number of aromatic nitrogens is 2. The van der Waals surface area contributed by atoms with Crippen molar-refractivity contribution >= 4 is 16.9 Å². The van der Waals surface area contributed by atoms with E-state index < -0.39 is 0 Å². The Labute approximate surface area is 205 Å². The maximum absolute atomic E-state index is 12.8. The van der Waals surface area contributed by atoms with Crippen LogP contribution >= 0.6 is 0 Å². The number of nitrogens with zero attached hydrogens (tertiary/aromatic N) is 4. The SMILES string of the molecule is O=C(NCC1CCCN(Cc2ccccc2)C1)N1CCN(Cc2nc3ccccc3c(=O)[nH]2)CC1. The summed E-state index contributed by atoms with van der Waals surface area (Å²) in [6.45, 7) is 7.31. The van der Waals surface area contributed by atoms with Gasteiger partial charge in [-0.2, -0.15) is 0 Å². The van der Waals surface area contributed by atoms with Crippen LogP contribution < -0.4 is 10.9 Å². The molecule has 1 atom stereocenters. The van der Waals surface area contributed by atoms with Gasteiger partial charge < -0.3 is 15.2 Å². The normalized spacial score (nSPS) is 19.7. The molecule has 8 heteroatoms. The molecule has 2 saturated heterocycles. The Morgan fingerprint density at radius 1 is 0.943 bits per heavy atom. The molecule has 0 saturated carbocycles. The Kier molecular flexibility index (Phi) is 7.39. The van der Waals surface area contributed by atoms with E-state index in [2.05, 4.69) is 55.4 Å². The molecule has 1 aromatic heterocycles. The van der Waals surface area contributed by atoms with Crippen LogP contribution in [0.25, 0.3) is 10.9 Å². The molecule has 2 fully saturated rings. The smallest absolute Gasteiger partial charge is 0.317 e. The number of piperazine rings is 1. The molecule has 184 valence electrons. The van der Waals surface area contributed by atoms with E-state index in [0.717, 1.165) is 45.7 Å². The zero-order valence-corrected chi connectivity index (χ0v) is 20.2. The van der Waals surface area contributed by atoms with E-state index in [1.54, 1.807) is 6.07 Å². The second kappa shape index (κ2) is 11.0. The number of carbonyl (C=O) groups is 1. The topological polar surface area (TPSA) is 84.6 Å². The molecule has 0 aliphatic carbocycles. The summed E-state index contributed by atoms with van der Waals surface area (Å²) >= 11 is 0. The average Bonchev–Trinajstić information content (AvgIpc) is 2.89. The summed E-state index contributed by atoms with van der Waals surface area (Å²) < 4.78 is 0. The predicted octanol–water partition coefficient (Wildman–Crippen LogP) is 2.66. The number of carbonyl (C=O) groups excluding carboxylic acids is 1. The average molecular weight is 475 g/mol. The standard InChI is InChI=1S/C27H34N6O2/c34-26-23-10-4-5-11-24(23)29-25(30-26)20-31-13-15-33(16-14-31)27(35)28-17-22-9-6-12-32(19-22)18-21-7-2-1-3-8-21/h1-5,7-8,10-11,22H,6,9,12-20H2,(H,28,35)(H,29,30,34). The Morgan fingerprint density at radius 2 is 1.71 bits per heavy atom. The van der Waals surface area contributed by atoms with Crippen molar-refractivity contribution in [3.8, 4) is 0 Å². The number of hydrogen-bond acceptors (Lipinski definition) is 5. The number of urea groups is 1. The third-order valence-electron chi connectivity index (χ3n) is 7.09. The third-order valence-corrected chi connectivity index (χ3v) is 7.09. The summed E-state index contributed by atoms with van der Waals surface area (Å²) in [5.41, 5.74) is 1.96. The first-order chi connectivity index (χ1) is 17.1. The highest BCUT2D eigenvalue weighted by Crippen LogP contribution is 2.18. The summed E-state index contributed by atoms with van der Waals surface area (Å²) in [6.07, 6.45) is 2.34. The predicted molar refractivity (Wildman–Crippen MR) is 137 cm³/mol. The van der Waals surface area contributed by atoms with Gasteiger partial charge in [-0.25, -0.2) is 9.78 Å². The zero-order chi connectivity index (χ0) is 24.0. The lowest BCUT2D eigenvalue weighted by Gasteiger charge is -2.36. The lowest BCUT2D eigenvalue weighted by Crippen LogP contribution is -2.52. The van der Waals surface area contributed by atoms with Crippen LogP contribution in [0.15, 0.2) is 59.4 Å². The molecule has 8 nitrogen and oxygen atoms in total. The van der Waals surface area contributed by atoms with Crippen molar-refractivity contribution in [2.24, 2.45) is 5.92 Å². The van der Waals surface area contributed by atoms with Crippen molar-refractivity contribution < 1.29 is 4.79 Å². The first-order valence-corrected chi connectivity index (χ1v) is 12.6. The Hall–Kier alpha value is -3.23. The van der Waals surface area contributed by atoms with E-state index in [9.17, 15) is 9.59 Å². The molecule has 2 aromatic carbocycles. The van der Waals surface area contributed by atoms with Crippen LogP contribution in [0, 0.1) is 5.92 Å². The number of nitrogens with one attached hydrogen (secondary N) is 2. The summed E-state index contributed by atoms with van der Waals surface area (Å²) in [6, 6.07) is 18.0. The van der Waals surface area contributed by atoms with Gasteiger partial charge in [-0.1, -0.05) is 42.5 Å². The molecule has 5 rings (SSSR count). The quantitative estimate of drug-likeness (QED) is 0.574. The largest absolute Gasteiger partial charge is 0.338 e. The van der Waals surface area contributed by atoms with E-state index in [1.165, 1.54) is 12.0 Å². The second-order valence-electron chi connectivity index (χ2n) is 9.71. The molecule has 3 aromatic rings. The molecule has 0 bridgehead atoms. The van der Waals surface area contributed by atoms with Gasteiger partial charge >= 0.3 is 6.03 Å². The number of rotatable bonds is 6. The van der Waals surface area contributed by atoms with Crippen molar-refractivity contribution in [2.75, 3.05) is 45.8 Å². The number of likely N-dealkylation sites (tertiary alicyclic amines) is 1. The molecule has 2 N–H and O–H groups in total. The van der Waals surface area contributed by atoms with Crippen molar-refractivity contribution in [3.63, 3.8) is 0 Å². The van der Waals surface area contributed by atoms with Gasteiger partial charge in [0.2, 0.25) is 0 Å². The van der Waals surface area contributed by atoms with Gasteiger partial charge in [0.1, 0.15) is 5.82 Å². The van der Waals surface area contributed by atoms with Gasteiger partial charge in [0.15, 0.2) is 0 Å². The molecule has 2 amide bonds. The Morgan fingerprint density at radius 3 is 2.54 bits per heavy atom. The number of fused-ring (bicyclic) bond motifs is 1. The van der Waals surface area contributed by atoms with Crippen LogP contribution in [0.3, 0.4) is 0 Å². The van der Waals surface area contributed by atoms with Crippen LogP contribution in [-0.4, -0.2) is 76.5 Å². The summed E-state index contributed by atoms with van der Waals surface area (Å²) in [5, 5.41) is 3.79. The molecular weight excluding hydrogens is 440 g/mol. The van der Waals surface area contributed by atoms with Gasteiger partial charge in [-0.15, -0.1) is 0 Å². The number of H-pyrrole nitrogens is 1. The highest BCUT2D eigenvalue weighted by molar-refractivity contribution is 5.77. The number of benzene rings is 2. The van der Waals surface area contributed by atoms with Gasteiger partial charge in [0, 0.05) is 45.8 Å². The highest BCUT2D eigenvalue weighted by Gasteiger charge is 2.24. The first kappa shape index (κ1) is 23.5. The summed E-state index contributed by atoms with van der Waals surface area (Å²) in [4.78, 5) is 39.3. The molecule has 2 aliphatic rings. The summed E-state index contributed by atoms with van der Waals surface area (Å²) in [5.74, 6) is 1.16. The third kappa shape index (κ3) is 6.07. The lowest BCUT2D eigenvalue weighted by molar-refractivity contribution is 0.128. The van der Waals surface area contributed by atoms with Crippen LogP contribution in [-0.2, 0) is 13.1 Å². The van der Waals surface area contributed by atoms with Crippen LogP contribution in [0.1, 0.15) is 24.2 Å². The molecule has 0 spiro atoms. The number of piperidine rings is 1. The highest BCUT2D eigenvalue weighted by atomic mass is 16.2. The van der Waals surface area contributed by atoms with E-state index in [0.29, 0.717) is 42.3 Å². The number of amides is 2. The van der Waals surface area contributed by atoms with Gasteiger partial charge in [-0.3, -0.25) is 14.6 Å². The van der Waals surface area contributed by atoms with Crippen LogP contribution in [0.2, 0.25) is 0 Å². The Balaban J connectivity index is 1.06. The minimum Gasteiger partial charge on any atom is -0.338 e. The lowest BCUT2D eigenvalue weighted by atomic mass is 9.97. The second-order valence-corrected chi connectivity index (χ2v) is 9.71. The first-order valence-electron chi connectivity index (χ1n) is 12.6. The molecular formula is C27H34N6O2. The fourth-order valence-electron chi connectivity index (χ4n) is 5.18. The maximum Gasteiger partial charge on any atom is 0.317 e. The number of para-hydroxylation sites is 1. The van der Waals surface area contributed by atoms with Gasteiger partial charge in [0.05, 0.1) is 17.4 Å². The molecule has 35 heavy (non-hydrogen) atoms.